The van der Waals surface area contributed by atoms with Gasteiger partial charge >= 0.3 is 5.97 Å². The summed E-state index contributed by atoms with van der Waals surface area (Å²) in [6.07, 6.45) is 2.03. The summed E-state index contributed by atoms with van der Waals surface area (Å²) in [6.45, 7) is 2.19. The van der Waals surface area contributed by atoms with Crippen LogP contribution in [0.2, 0.25) is 5.15 Å². The van der Waals surface area contributed by atoms with Crippen molar-refractivity contribution in [3.8, 4) is 22.5 Å². The van der Waals surface area contributed by atoms with E-state index in [1.165, 1.54) is 5.48 Å². The number of nitrogens with one attached hydrogen (secondary N) is 4. The van der Waals surface area contributed by atoms with Crippen molar-refractivity contribution in [3.63, 3.8) is 0 Å². The molecule has 3 amide bonds. The molecule has 0 saturated heterocycles. The fourth-order valence-corrected chi connectivity index (χ4v) is 6.03. The average molecular weight is 728 g/mol. The first-order chi connectivity index (χ1) is 25.2. The number of carboxylic acids is 1. The topological polar surface area (TPSA) is 217 Å². The smallest absolute Gasteiger partial charge is 0.326 e. The first kappa shape index (κ1) is 37.3. The third-order valence-electron chi connectivity index (χ3n) is 8.47. The predicted octanol–water partition coefficient (Wildman–Crippen LogP) is 3.83. The lowest BCUT2D eigenvalue weighted by Crippen LogP contribution is -2.49. The molecule has 1 unspecified atom stereocenters. The fourth-order valence-electron chi connectivity index (χ4n) is 5.74. The summed E-state index contributed by atoms with van der Waals surface area (Å²) in [5, 5.41) is 38.3. The number of nitrogens with zero attached hydrogens (tertiary/aromatic N) is 5. The summed E-state index contributed by atoms with van der Waals surface area (Å²) in [4.78, 5) is 55.5. The van der Waals surface area contributed by atoms with Gasteiger partial charge in [-0.15, -0.1) is 5.10 Å². The zero-order valence-electron chi connectivity index (χ0n) is 28.3. The molecule has 2 heterocycles. The highest BCUT2D eigenvalue weighted by Gasteiger charge is 2.31. The van der Waals surface area contributed by atoms with Crippen LogP contribution in [0, 0.1) is 5.92 Å². The second kappa shape index (κ2) is 17.8. The largest absolute Gasteiger partial charge is 0.480 e. The molecule has 3 aromatic carbocycles. The summed E-state index contributed by atoms with van der Waals surface area (Å²) in [5.74, 6) is -4.02. The van der Waals surface area contributed by atoms with Crippen LogP contribution in [0.3, 0.4) is 0 Å². The van der Waals surface area contributed by atoms with Crippen molar-refractivity contribution in [2.45, 2.75) is 51.6 Å². The number of hydrogen-bond donors (Lipinski definition) is 6. The summed E-state index contributed by atoms with van der Waals surface area (Å²) < 4.78 is 1.76. The Bertz CT molecular complexity index is 1990. The number of amides is 3. The Morgan fingerprint density at radius 3 is 2.29 bits per heavy atom. The molecule has 0 saturated carbocycles. The van der Waals surface area contributed by atoms with E-state index in [9.17, 15) is 29.5 Å². The molecule has 0 aliphatic heterocycles. The Balaban J connectivity index is 1.28. The molecule has 5 rings (SSSR count). The number of aromatic amines is 1. The van der Waals surface area contributed by atoms with E-state index in [2.05, 4.69) is 36.2 Å². The Labute approximate surface area is 303 Å². The van der Waals surface area contributed by atoms with E-state index in [-0.39, 0.29) is 30.2 Å². The molecule has 15 nitrogen and oxygen atoms in total. The summed E-state index contributed by atoms with van der Waals surface area (Å²) in [5.41, 5.74) is 5.83. The van der Waals surface area contributed by atoms with Crippen LogP contribution in [0.4, 0.5) is 0 Å². The van der Waals surface area contributed by atoms with Crippen LogP contribution in [-0.4, -0.2) is 76.8 Å². The molecular weight excluding hydrogens is 690 g/mol. The normalized spacial score (nSPS) is 12.1. The van der Waals surface area contributed by atoms with Gasteiger partial charge in [-0.25, -0.2) is 20.4 Å². The minimum atomic E-state index is -1.44. The molecule has 0 aliphatic carbocycles. The number of hydrogen-bond acceptors (Lipinski definition) is 9. The number of hydroxylamine groups is 1. The SMILES string of the molecule is CCCCc1nc(Cl)c(C(=O)NCC[C@H](NC(=O)C(Cc2ccccc2)C(=O)NO)C(=O)O)n1Cc1ccc(-c2ccccc2-c2nnn[nH]2)cc1. The van der Waals surface area contributed by atoms with Crippen molar-refractivity contribution >= 4 is 35.3 Å². The molecular formula is C36H38ClN9O6. The maximum atomic E-state index is 13.6. The minimum Gasteiger partial charge on any atom is -0.480 e. The van der Waals surface area contributed by atoms with Crippen LogP contribution < -0.4 is 16.1 Å². The van der Waals surface area contributed by atoms with Gasteiger partial charge in [0, 0.05) is 25.1 Å². The van der Waals surface area contributed by atoms with Crippen LogP contribution in [0.5, 0.6) is 0 Å². The maximum absolute atomic E-state index is 13.6. The number of carbonyl (C=O) groups is 4. The Hall–Kier alpha value is -5.93. The standard InChI is InChI=1S/C36H38ClN9O6/c1-2-3-13-29-40-31(37)30(46(29)21-23-14-16-24(17-15-23)25-11-7-8-12-26(25)32-41-44-45-42-32)35(49)38-19-18-28(36(50)51)39-33(47)27(34(48)43-52)20-22-9-5-4-6-10-22/h4-12,14-17,27-28,52H,2-3,13,18-21H2,1H3,(H,38,49)(H,39,47)(H,43,48)(H,50,51)(H,41,42,44,45)/t27?,28-/m0/s1. The molecule has 0 radical (unpaired) electrons. The van der Waals surface area contributed by atoms with E-state index in [1.54, 1.807) is 34.9 Å². The van der Waals surface area contributed by atoms with E-state index >= 15 is 0 Å². The van der Waals surface area contributed by atoms with Crippen LogP contribution in [0.1, 0.15) is 53.6 Å². The van der Waals surface area contributed by atoms with E-state index in [0.29, 0.717) is 30.2 Å². The molecule has 52 heavy (non-hydrogen) atoms. The van der Waals surface area contributed by atoms with Gasteiger partial charge in [-0.2, -0.15) is 0 Å². The number of halogens is 1. The zero-order valence-corrected chi connectivity index (χ0v) is 29.0. The van der Waals surface area contributed by atoms with Crippen molar-refractivity contribution in [3.05, 3.63) is 107 Å². The number of carboxylic acid groups (broad SMARTS) is 1. The predicted molar refractivity (Wildman–Crippen MR) is 190 cm³/mol. The van der Waals surface area contributed by atoms with Gasteiger partial charge in [0.05, 0.1) is 0 Å². The maximum Gasteiger partial charge on any atom is 0.326 e. The van der Waals surface area contributed by atoms with Crippen LogP contribution in [-0.2, 0) is 33.8 Å². The molecule has 2 aromatic heterocycles. The number of benzene rings is 3. The second-order valence-corrected chi connectivity index (χ2v) is 12.4. The van der Waals surface area contributed by atoms with Crippen molar-refractivity contribution in [1.29, 1.82) is 0 Å². The number of unbranched alkanes of at least 4 members (excludes halogenated alkanes) is 1. The van der Waals surface area contributed by atoms with Gasteiger partial charge in [-0.05, 0) is 51.9 Å². The zero-order chi connectivity index (χ0) is 37.0. The van der Waals surface area contributed by atoms with Gasteiger partial charge < -0.3 is 20.3 Å². The van der Waals surface area contributed by atoms with Crippen LogP contribution in [0.25, 0.3) is 22.5 Å². The molecule has 0 aliphatic rings. The number of rotatable bonds is 17. The highest BCUT2D eigenvalue weighted by atomic mass is 35.5. The number of aliphatic carboxylic acids is 1. The van der Waals surface area contributed by atoms with Gasteiger partial charge in [0.1, 0.15) is 23.5 Å². The monoisotopic (exact) mass is 727 g/mol. The highest BCUT2D eigenvalue weighted by molar-refractivity contribution is 6.32. The van der Waals surface area contributed by atoms with Crippen molar-refractivity contribution < 1.29 is 29.5 Å². The molecule has 0 fully saturated rings. The van der Waals surface area contributed by atoms with Gasteiger partial charge in [-0.1, -0.05) is 104 Å². The highest BCUT2D eigenvalue weighted by Crippen LogP contribution is 2.30. The van der Waals surface area contributed by atoms with Crippen LogP contribution in [0.15, 0.2) is 78.9 Å². The van der Waals surface area contributed by atoms with Gasteiger partial charge in [0.2, 0.25) is 5.91 Å². The number of H-pyrrole nitrogens is 1. The lowest BCUT2D eigenvalue weighted by molar-refractivity contribution is -0.146. The number of aryl methyl sites for hydroxylation is 1. The fraction of sp³-hybridized carbons (Fsp3) is 0.278. The quantitative estimate of drug-likeness (QED) is 0.0462. The summed E-state index contributed by atoms with van der Waals surface area (Å²) in [7, 11) is 0. The van der Waals surface area contributed by atoms with Gasteiger partial charge in [0.25, 0.3) is 11.8 Å². The molecule has 16 heteroatoms. The molecule has 6 N–H and O–H groups in total. The average Bonchev–Trinajstić information content (AvgIpc) is 3.80. The van der Waals surface area contributed by atoms with E-state index in [1.807, 2.05) is 55.5 Å². The summed E-state index contributed by atoms with van der Waals surface area (Å²) >= 11 is 6.55. The lowest BCUT2D eigenvalue weighted by Gasteiger charge is -2.20. The van der Waals surface area contributed by atoms with E-state index in [4.69, 9.17) is 11.6 Å². The Morgan fingerprint density at radius 2 is 1.63 bits per heavy atom. The van der Waals surface area contributed by atoms with Crippen molar-refractivity contribution in [1.82, 2.24) is 46.3 Å². The third-order valence-corrected chi connectivity index (χ3v) is 8.73. The molecule has 5 aromatic rings. The molecule has 0 spiro atoms. The van der Waals surface area contributed by atoms with Gasteiger partial charge in [-0.3, -0.25) is 19.6 Å². The summed E-state index contributed by atoms with van der Waals surface area (Å²) in [6, 6.07) is 22.8. The lowest BCUT2D eigenvalue weighted by atomic mass is 9.97. The third kappa shape index (κ3) is 9.24. The second-order valence-electron chi connectivity index (χ2n) is 12.0. The van der Waals surface area contributed by atoms with Crippen LogP contribution >= 0.6 is 11.6 Å². The number of imidazole rings is 1. The Kier molecular flexibility index (Phi) is 12.8. The molecule has 270 valence electrons. The molecule has 0 bridgehead atoms. The Morgan fingerprint density at radius 1 is 0.923 bits per heavy atom. The van der Waals surface area contributed by atoms with E-state index < -0.39 is 35.7 Å². The first-order valence-electron chi connectivity index (χ1n) is 16.7. The number of tetrazole rings is 1. The number of carbonyl (C=O) groups excluding carboxylic acids is 3. The van der Waals surface area contributed by atoms with E-state index in [0.717, 1.165) is 35.1 Å². The molecule has 2 atom stereocenters. The first-order valence-corrected chi connectivity index (χ1v) is 17.0. The minimum absolute atomic E-state index is 0.0108. The van der Waals surface area contributed by atoms with Crippen molar-refractivity contribution in [2.24, 2.45) is 5.92 Å². The number of aromatic nitrogens is 6. The van der Waals surface area contributed by atoms with Gasteiger partial charge in [0.15, 0.2) is 11.0 Å². The van der Waals surface area contributed by atoms with Crippen molar-refractivity contribution in [2.75, 3.05) is 6.54 Å².